The Labute approximate surface area is 194 Å². The van der Waals surface area contributed by atoms with E-state index in [4.69, 9.17) is 9.47 Å². The zero-order valence-corrected chi connectivity index (χ0v) is 19.2. The number of anilines is 3. The van der Waals surface area contributed by atoms with E-state index in [9.17, 15) is 9.59 Å². The molecule has 5 heteroatoms. The van der Waals surface area contributed by atoms with Crippen LogP contribution in [0.4, 0.5) is 17.1 Å². The van der Waals surface area contributed by atoms with E-state index in [1.165, 1.54) is 23.3 Å². The van der Waals surface area contributed by atoms with Gasteiger partial charge in [-0.3, -0.25) is 0 Å². The van der Waals surface area contributed by atoms with Gasteiger partial charge < -0.3 is 14.4 Å². The van der Waals surface area contributed by atoms with Gasteiger partial charge in [0.1, 0.15) is 11.5 Å². The van der Waals surface area contributed by atoms with Gasteiger partial charge in [-0.15, -0.1) is 0 Å². The third-order valence-electron chi connectivity index (χ3n) is 4.98. The van der Waals surface area contributed by atoms with Gasteiger partial charge >= 0.3 is 11.9 Å². The predicted octanol–water partition coefficient (Wildman–Crippen LogP) is 6.74. The summed E-state index contributed by atoms with van der Waals surface area (Å²) in [6.45, 7) is 7.67. The molecule has 3 aromatic carbocycles. The lowest BCUT2D eigenvalue weighted by Crippen LogP contribution is -2.11. The van der Waals surface area contributed by atoms with Gasteiger partial charge in [0, 0.05) is 29.2 Å². The summed E-state index contributed by atoms with van der Waals surface area (Å²) in [7, 11) is 0. The summed E-state index contributed by atoms with van der Waals surface area (Å²) in [6.07, 6.45) is 6.02. The molecule has 0 aliphatic rings. The standard InChI is InChI=1S/C28H27NO4/c1-5-7-27(30)32-25-15-11-22(12-16-25)29(24-10-9-20(3)21(4)19-24)23-13-17-26(18-14-23)33-28(31)8-6-2/h5-19H,1-4H3. The van der Waals surface area contributed by atoms with E-state index in [1.807, 2.05) is 24.3 Å². The van der Waals surface area contributed by atoms with Crippen LogP contribution in [0.3, 0.4) is 0 Å². The number of rotatable bonds is 7. The fourth-order valence-electron chi connectivity index (χ4n) is 3.21. The minimum absolute atomic E-state index is 0.417. The number of carbonyl (C=O) groups is 2. The molecule has 0 aliphatic carbocycles. The molecule has 33 heavy (non-hydrogen) atoms. The van der Waals surface area contributed by atoms with E-state index in [1.54, 1.807) is 50.3 Å². The summed E-state index contributed by atoms with van der Waals surface area (Å²) < 4.78 is 10.6. The molecule has 0 saturated carbocycles. The molecule has 0 aromatic heterocycles. The number of ether oxygens (including phenoxy) is 2. The smallest absolute Gasteiger partial charge is 0.335 e. The molecule has 0 N–H and O–H groups in total. The van der Waals surface area contributed by atoms with Crippen molar-refractivity contribution in [2.24, 2.45) is 0 Å². The molecule has 0 fully saturated rings. The SMILES string of the molecule is CC=CC(=O)Oc1ccc(N(c2ccc(OC(=O)C=CC)cc2)c2ccc(C)c(C)c2)cc1. The highest BCUT2D eigenvalue weighted by atomic mass is 16.5. The molecule has 0 amide bonds. The van der Waals surface area contributed by atoms with E-state index >= 15 is 0 Å². The maximum absolute atomic E-state index is 11.7. The summed E-state index contributed by atoms with van der Waals surface area (Å²) in [5, 5.41) is 0. The fraction of sp³-hybridized carbons (Fsp3) is 0.143. The number of allylic oxidation sites excluding steroid dienone is 2. The number of carbonyl (C=O) groups excluding carboxylic acids is 2. The molecule has 168 valence electrons. The van der Waals surface area contributed by atoms with Crippen molar-refractivity contribution in [3.05, 3.63) is 102 Å². The van der Waals surface area contributed by atoms with Gasteiger partial charge in [-0.1, -0.05) is 18.2 Å². The number of nitrogens with zero attached hydrogens (tertiary/aromatic N) is 1. The highest BCUT2D eigenvalue weighted by Gasteiger charge is 2.14. The van der Waals surface area contributed by atoms with Crippen LogP contribution in [0.2, 0.25) is 0 Å². The van der Waals surface area contributed by atoms with E-state index in [2.05, 4.69) is 36.9 Å². The second kappa shape index (κ2) is 11.0. The molecule has 0 aliphatic heterocycles. The summed E-state index contributed by atoms with van der Waals surface area (Å²) in [5.41, 5.74) is 5.14. The van der Waals surface area contributed by atoms with E-state index in [-0.39, 0.29) is 0 Å². The molecule has 0 unspecified atom stereocenters. The topological polar surface area (TPSA) is 55.8 Å². The van der Waals surface area contributed by atoms with Crippen LogP contribution in [0.5, 0.6) is 11.5 Å². The lowest BCUT2D eigenvalue weighted by Gasteiger charge is -2.26. The number of esters is 2. The molecule has 0 atom stereocenters. The van der Waals surface area contributed by atoms with Gasteiger partial charge in [-0.25, -0.2) is 9.59 Å². The largest absolute Gasteiger partial charge is 0.423 e. The molecular weight excluding hydrogens is 414 g/mol. The molecule has 3 rings (SSSR count). The first-order valence-corrected chi connectivity index (χ1v) is 10.7. The highest BCUT2D eigenvalue weighted by molar-refractivity contribution is 5.85. The minimum Gasteiger partial charge on any atom is -0.423 e. The van der Waals surface area contributed by atoms with Gasteiger partial charge in [0.05, 0.1) is 0 Å². The summed E-state index contributed by atoms with van der Waals surface area (Å²) >= 11 is 0. The third-order valence-corrected chi connectivity index (χ3v) is 4.98. The van der Waals surface area contributed by atoms with Crippen LogP contribution < -0.4 is 14.4 Å². The normalized spacial score (nSPS) is 11.0. The van der Waals surface area contributed by atoms with Gasteiger partial charge in [-0.2, -0.15) is 0 Å². The Morgan fingerprint density at radius 1 is 0.636 bits per heavy atom. The van der Waals surface area contributed by atoms with Crippen molar-refractivity contribution in [3.63, 3.8) is 0 Å². The lowest BCUT2D eigenvalue weighted by molar-refractivity contribution is -0.129. The maximum Gasteiger partial charge on any atom is 0.335 e. The van der Waals surface area contributed by atoms with Gasteiger partial charge in [0.25, 0.3) is 0 Å². The first-order valence-electron chi connectivity index (χ1n) is 10.7. The molecule has 0 radical (unpaired) electrons. The molecule has 0 heterocycles. The molecule has 3 aromatic rings. The van der Waals surface area contributed by atoms with Gasteiger partial charge in [0.2, 0.25) is 0 Å². The Balaban J connectivity index is 1.96. The maximum atomic E-state index is 11.7. The summed E-state index contributed by atoms with van der Waals surface area (Å²) in [4.78, 5) is 25.6. The molecule has 0 spiro atoms. The Bertz CT molecular complexity index is 1110. The van der Waals surface area contributed by atoms with E-state index < -0.39 is 11.9 Å². The number of benzene rings is 3. The molecular formula is C28H27NO4. The Morgan fingerprint density at radius 3 is 1.45 bits per heavy atom. The second-order valence-corrected chi connectivity index (χ2v) is 7.43. The van der Waals surface area contributed by atoms with Gasteiger partial charge in [-0.05, 0) is 99.5 Å². The van der Waals surface area contributed by atoms with Crippen LogP contribution >= 0.6 is 0 Å². The Morgan fingerprint density at radius 2 is 1.06 bits per heavy atom. The number of hydrogen-bond acceptors (Lipinski definition) is 5. The van der Waals surface area contributed by atoms with Crippen LogP contribution in [0.1, 0.15) is 25.0 Å². The number of aryl methyl sites for hydroxylation is 2. The first kappa shape index (κ1) is 23.5. The average molecular weight is 442 g/mol. The highest BCUT2D eigenvalue weighted by Crippen LogP contribution is 2.36. The Kier molecular flexibility index (Phi) is 7.82. The number of hydrogen-bond donors (Lipinski definition) is 0. The van der Waals surface area contributed by atoms with Crippen LogP contribution in [-0.2, 0) is 9.59 Å². The zero-order valence-electron chi connectivity index (χ0n) is 19.2. The average Bonchev–Trinajstić information content (AvgIpc) is 2.79. The molecule has 0 saturated heterocycles. The van der Waals surface area contributed by atoms with E-state index in [0.29, 0.717) is 11.5 Å². The Hall–Kier alpha value is -4.12. The van der Waals surface area contributed by atoms with Crippen molar-refractivity contribution < 1.29 is 19.1 Å². The first-order chi connectivity index (χ1) is 15.9. The van der Waals surface area contributed by atoms with Crippen molar-refractivity contribution in [2.45, 2.75) is 27.7 Å². The molecule has 0 bridgehead atoms. The summed E-state index contributed by atoms with van der Waals surface area (Å²) in [5.74, 6) is 0.0971. The van der Waals surface area contributed by atoms with Crippen molar-refractivity contribution in [1.82, 2.24) is 0 Å². The lowest BCUT2D eigenvalue weighted by atomic mass is 10.1. The second-order valence-electron chi connectivity index (χ2n) is 7.43. The minimum atomic E-state index is -0.417. The zero-order chi connectivity index (χ0) is 23.8. The van der Waals surface area contributed by atoms with Crippen LogP contribution in [-0.4, -0.2) is 11.9 Å². The fourth-order valence-corrected chi connectivity index (χ4v) is 3.21. The predicted molar refractivity (Wildman–Crippen MR) is 131 cm³/mol. The quantitative estimate of drug-likeness (QED) is 0.231. The van der Waals surface area contributed by atoms with E-state index in [0.717, 1.165) is 17.1 Å². The van der Waals surface area contributed by atoms with Crippen molar-refractivity contribution >= 4 is 29.0 Å². The van der Waals surface area contributed by atoms with Crippen LogP contribution in [0, 0.1) is 13.8 Å². The van der Waals surface area contributed by atoms with Crippen LogP contribution in [0.25, 0.3) is 0 Å². The van der Waals surface area contributed by atoms with Crippen molar-refractivity contribution in [1.29, 1.82) is 0 Å². The van der Waals surface area contributed by atoms with Crippen molar-refractivity contribution in [2.75, 3.05) is 4.90 Å². The van der Waals surface area contributed by atoms with Gasteiger partial charge in [0.15, 0.2) is 0 Å². The van der Waals surface area contributed by atoms with Crippen molar-refractivity contribution in [3.8, 4) is 11.5 Å². The molecule has 5 nitrogen and oxygen atoms in total. The summed E-state index contributed by atoms with van der Waals surface area (Å²) in [6, 6.07) is 20.9. The van der Waals surface area contributed by atoms with Crippen LogP contribution in [0.15, 0.2) is 91.0 Å². The third kappa shape index (κ3) is 6.20. The monoisotopic (exact) mass is 441 g/mol.